The second-order valence-corrected chi connectivity index (χ2v) is 4.03. The molecule has 0 atom stereocenters. The Balaban J connectivity index is 0.00000242. The summed E-state index contributed by atoms with van der Waals surface area (Å²) in [6.07, 6.45) is -1.18. The minimum atomic E-state index is -2.66. The van der Waals surface area contributed by atoms with Crippen LogP contribution in [0, 0.1) is 5.92 Å². The van der Waals surface area contributed by atoms with E-state index >= 15 is 0 Å². The molecule has 1 aromatic carbocycles. The van der Waals surface area contributed by atoms with Crippen molar-refractivity contribution in [1.29, 1.82) is 0 Å². The lowest BCUT2D eigenvalue weighted by atomic mass is 9.95. The van der Waals surface area contributed by atoms with Crippen LogP contribution in [0.15, 0.2) is 30.3 Å². The monoisotopic (exact) mass is 273 g/mol. The number of ether oxygens (including phenoxy) is 1. The fourth-order valence-corrected chi connectivity index (χ4v) is 1.76. The molecular formula is C14H20ClNO2. The standard InChI is InChI=1S/C14H19NO2.ClH/c16-14(13-4-2-1-3-5-13)17-11-8-12-6-9-15-10-7-12;/h1-5,12,15H,6-11H2;1H/i8D2,11D2;. The normalized spacial score (nSPS) is 20.7. The number of esters is 1. The molecular weight excluding hydrogens is 250 g/mol. The van der Waals surface area contributed by atoms with Crippen LogP contribution in [0.2, 0.25) is 0 Å². The van der Waals surface area contributed by atoms with Gasteiger partial charge in [-0.1, -0.05) is 18.2 Å². The Bertz CT molecular complexity index is 493. The Kier molecular flexibility index (Phi) is 4.42. The molecule has 1 heterocycles. The molecule has 1 fully saturated rings. The van der Waals surface area contributed by atoms with Crippen LogP contribution in [0.25, 0.3) is 0 Å². The van der Waals surface area contributed by atoms with Gasteiger partial charge >= 0.3 is 5.97 Å². The van der Waals surface area contributed by atoms with E-state index in [2.05, 4.69) is 5.32 Å². The van der Waals surface area contributed by atoms with Gasteiger partial charge in [0.1, 0.15) is 0 Å². The maximum atomic E-state index is 11.9. The van der Waals surface area contributed by atoms with Crippen molar-refractivity contribution in [2.45, 2.75) is 19.2 Å². The number of halogens is 1. The fraction of sp³-hybridized carbons (Fsp3) is 0.500. The summed E-state index contributed by atoms with van der Waals surface area (Å²) >= 11 is 0. The number of hydrogen-bond donors (Lipinski definition) is 1. The maximum Gasteiger partial charge on any atom is 0.338 e. The van der Waals surface area contributed by atoms with Crippen molar-refractivity contribution < 1.29 is 15.0 Å². The molecule has 0 amide bonds. The molecule has 1 aliphatic heterocycles. The summed E-state index contributed by atoms with van der Waals surface area (Å²) in [6, 6.07) is 8.05. The molecule has 100 valence electrons. The molecule has 0 radical (unpaired) electrons. The van der Waals surface area contributed by atoms with Crippen molar-refractivity contribution in [3.63, 3.8) is 0 Å². The zero-order valence-corrected chi connectivity index (χ0v) is 10.8. The third-order valence-electron chi connectivity index (χ3n) is 2.76. The molecule has 0 aliphatic carbocycles. The molecule has 4 heteroatoms. The molecule has 0 bridgehead atoms. The summed E-state index contributed by atoms with van der Waals surface area (Å²) in [5.41, 5.74) is 0.211. The number of piperidine rings is 1. The van der Waals surface area contributed by atoms with Gasteiger partial charge in [-0.05, 0) is 50.4 Å². The highest BCUT2D eigenvalue weighted by molar-refractivity contribution is 5.89. The first-order valence-electron chi connectivity index (χ1n) is 7.84. The van der Waals surface area contributed by atoms with Crippen molar-refractivity contribution in [1.82, 2.24) is 5.32 Å². The summed E-state index contributed by atoms with van der Waals surface area (Å²) in [5.74, 6) is -1.32. The molecule has 0 aromatic heterocycles. The molecule has 1 aliphatic rings. The Morgan fingerprint density at radius 1 is 1.33 bits per heavy atom. The Hall–Kier alpha value is -1.06. The van der Waals surface area contributed by atoms with E-state index < -0.39 is 24.8 Å². The van der Waals surface area contributed by atoms with Crippen LogP contribution in [-0.4, -0.2) is 25.6 Å². The van der Waals surface area contributed by atoms with E-state index in [1.165, 1.54) is 12.1 Å². The SMILES string of the molecule is Cl.[2H]C([2H])(OC(=O)c1ccccc1)C([2H])([2H])C1CCNCC1. The van der Waals surface area contributed by atoms with E-state index in [-0.39, 0.29) is 18.0 Å². The van der Waals surface area contributed by atoms with Crippen molar-refractivity contribution >= 4 is 18.4 Å². The zero-order chi connectivity index (χ0) is 15.5. The number of rotatable bonds is 4. The molecule has 0 saturated carbocycles. The van der Waals surface area contributed by atoms with Gasteiger partial charge in [0.2, 0.25) is 0 Å². The third-order valence-corrected chi connectivity index (χ3v) is 2.76. The van der Waals surface area contributed by atoms with Crippen LogP contribution in [0.5, 0.6) is 0 Å². The lowest BCUT2D eigenvalue weighted by Crippen LogP contribution is -2.28. The van der Waals surface area contributed by atoms with E-state index in [9.17, 15) is 4.79 Å². The van der Waals surface area contributed by atoms with Crippen molar-refractivity contribution in [3.05, 3.63) is 35.9 Å². The molecule has 0 spiro atoms. The number of hydrogen-bond acceptors (Lipinski definition) is 3. The summed E-state index contributed by atoms with van der Waals surface area (Å²) in [5, 5.41) is 3.11. The van der Waals surface area contributed by atoms with Crippen LogP contribution in [0.4, 0.5) is 0 Å². The first kappa shape index (κ1) is 9.82. The van der Waals surface area contributed by atoms with Crippen molar-refractivity contribution in [2.75, 3.05) is 19.6 Å². The van der Waals surface area contributed by atoms with Crippen LogP contribution in [0.3, 0.4) is 0 Å². The highest BCUT2D eigenvalue weighted by atomic mass is 35.5. The lowest BCUT2D eigenvalue weighted by Gasteiger charge is -2.22. The predicted octanol–water partition coefficient (Wildman–Crippen LogP) is 2.65. The highest BCUT2D eigenvalue weighted by Gasteiger charge is 2.13. The van der Waals surface area contributed by atoms with Gasteiger partial charge in [0.15, 0.2) is 0 Å². The number of carbonyl (C=O) groups excluding carboxylic acids is 1. The largest absolute Gasteiger partial charge is 0.462 e. The number of benzene rings is 1. The summed E-state index contributed by atoms with van der Waals surface area (Å²) < 4.78 is 36.7. The van der Waals surface area contributed by atoms with Crippen LogP contribution < -0.4 is 5.32 Å². The van der Waals surface area contributed by atoms with Gasteiger partial charge in [0.25, 0.3) is 0 Å². The first-order valence-corrected chi connectivity index (χ1v) is 5.84. The Morgan fingerprint density at radius 2 is 2.00 bits per heavy atom. The highest BCUT2D eigenvalue weighted by Crippen LogP contribution is 2.15. The smallest absolute Gasteiger partial charge is 0.338 e. The first-order chi connectivity index (χ1) is 9.84. The molecule has 1 saturated heterocycles. The minimum Gasteiger partial charge on any atom is -0.462 e. The van der Waals surface area contributed by atoms with Crippen molar-refractivity contribution in [2.24, 2.45) is 5.92 Å². The predicted molar refractivity (Wildman–Crippen MR) is 74.2 cm³/mol. The Labute approximate surface area is 120 Å². The minimum absolute atomic E-state index is 0. The van der Waals surface area contributed by atoms with Crippen LogP contribution in [-0.2, 0) is 4.74 Å². The molecule has 3 nitrogen and oxygen atoms in total. The zero-order valence-electron chi connectivity index (χ0n) is 14.0. The van der Waals surface area contributed by atoms with E-state index in [1.807, 2.05) is 0 Å². The van der Waals surface area contributed by atoms with E-state index in [4.69, 9.17) is 10.2 Å². The van der Waals surface area contributed by atoms with Gasteiger partial charge in [-0.2, -0.15) is 0 Å². The van der Waals surface area contributed by atoms with E-state index in [0.29, 0.717) is 25.9 Å². The summed E-state index contributed by atoms with van der Waals surface area (Å²) in [6.45, 7) is -1.37. The van der Waals surface area contributed by atoms with Gasteiger partial charge in [-0.25, -0.2) is 4.79 Å². The van der Waals surface area contributed by atoms with Crippen molar-refractivity contribution in [3.8, 4) is 0 Å². The lowest BCUT2D eigenvalue weighted by molar-refractivity contribution is 0.0476. The average molecular weight is 274 g/mol. The molecule has 1 N–H and O–H groups in total. The van der Waals surface area contributed by atoms with Crippen LogP contribution in [0.1, 0.15) is 35.1 Å². The third kappa shape index (κ3) is 4.67. The second-order valence-electron chi connectivity index (χ2n) is 4.03. The van der Waals surface area contributed by atoms with Gasteiger partial charge < -0.3 is 10.1 Å². The summed E-state index contributed by atoms with van der Waals surface area (Å²) in [4.78, 5) is 11.9. The molecule has 1 aromatic rings. The number of nitrogens with one attached hydrogen (secondary N) is 1. The van der Waals surface area contributed by atoms with Crippen LogP contribution >= 0.6 is 12.4 Å². The average Bonchev–Trinajstić information content (AvgIpc) is 2.48. The van der Waals surface area contributed by atoms with Gasteiger partial charge in [-0.15, -0.1) is 12.4 Å². The molecule has 0 unspecified atom stereocenters. The van der Waals surface area contributed by atoms with Gasteiger partial charge in [0.05, 0.1) is 14.9 Å². The van der Waals surface area contributed by atoms with E-state index in [0.717, 1.165) is 0 Å². The second kappa shape index (κ2) is 8.11. The fourth-order valence-electron chi connectivity index (χ4n) is 1.76. The molecule has 18 heavy (non-hydrogen) atoms. The number of carbonyl (C=O) groups is 1. The maximum absolute atomic E-state index is 11.9. The van der Waals surface area contributed by atoms with Gasteiger partial charge in [0, 0.05) is 2.74 Å². The van der Waals surface area contributed by atoms with Gasteiger partial charge in [-0.3, -0.25) is 0 Å². The topological polar surface area (TPSA) is 38.3 Å². The Morgan fingerprint density at radius 3 is 2.67 bits per heavy atom. The van der Waals surface area contributed by atoms with E-state index in [1.54, 1.807) is 18.2 Å². The molecule has 2 rings (SSSR count). The quantitative estimate of drug-likeness (QED) is 0.857. The summed E-state index contributed by atoms with van der Waals surface area (Å²) in [7, 11) is 0.